The summed E-state index contributed by atoms with van der Waals surface area (Å²) in [5, 5.41) is 0. The molecule has 13 rings (SSSR count). The average Bonchev–Trinajstić information content (AvgIpc) is 3.50. The molecule has 0 unspecified atom stereocenters. The number of hydrogen-bond donors (Lipinski definition) is 0. The zero-order valence-electron chi connectivity index (χ0n) is 34.5. The molecule has 0 bridgehead atoms. The Hall–Kier alpha value is -8.20. The van der Waals surface area contributed by atoms with Gasteiger partial charge in [0.2, 0.25) is 0 Å². The van der Waals surface area contributed by atoms with Gasteiger partial charge >= 0.3 is 0 Å². The lowest BCUT2D eigenvalue weighted by Gasteiger charge is -2.37. The van der Waals surface area contributed by atoms with Gasteiger partial charge in [0.1, 0.15) is 0 Å². The monoisotopic (exact) mass is 800 g/mol. The highest BCUT2D eigenvalue weighted by Gasteiger charge is 2.50. The van der Waals surface area contributed by atoms with E-state index in [9.17, 15) is 0 Å². The fourth-order valence-electron chi connectivity index (χ4n) is 11.2. The maximum absolute atomic E-state index is 2.51. The molecule has 0 fully saturated rings. The van der Waals surface area contributed by atoms with Crippen LogP contribution in [0.15, 0.2) is 243 Å². The molecule has 0 N–H and O–H groups in total. The van der Waals surface area contributed by atoms with Crippen molar-refractivity contribution in [3.05, 3.63) is 265 Å². The number of nitrogens with zero attached hydrogens (tertiary/aromatic N) is 2. The lowest BCUT2D eigenvalue weighted by atomic mass is 9.66. The lowest BCUT2D eigenvalue weighted by molar-refractivity contribution is 0.775. The van der Waals surface area contributed by atoms with E-state index in [4.69, 9.17) is 0 Å². The van der Waals surface area contributed by atoms with Crippen LogP contribution in [0.1, 0.15) is 22.3 Å². The molecular weight excluding hydrogens is 761 g/mol. The molecule has 2 aliphatic carbocycles. The van der Waals surface area contributed by atoms with Crippen molar-refractivity contribution >= 4 is 34.1 Å². The number of hydrogen-bond acceptors (Lipinski definition) is 2. The first-order chi connectivity index (χ1) is 31.3. The Labute approximate surface area is 368 Å². The summed E-state index contributed by atoms with van der Waals surface area (Å²) in [7, 11) is 0. The quantitative estimate of drug-likeness (QED) is 0.175. The fourth-order valence-corrected chi connectivity index (χ4v) is 11.2. The van der Waals surface area contributed by atoms with Crippen LogP contribution >= 0.6 is 0 Å². The van der Waals surface area contributed by atoms with Crippen LogP contribution in [0.3, 0.4) is 0 Å². The molecule has 1 heterocycles. The molecule has 0 saturated heterocycles. The Kier molecular flexibility index (Phi) is 7.85. The smallest absolute Gasteiger partial charge is 0.0781 e. The molecular formula is C61H40N2. The second-order valence-corrected chi connectivity index (χ2v) is 16.7. The topological polar surface area (TPSA) is 6.48 Å². The summed E-state index contributed by atoms with van der Waals surface area (Å²) in [6, 6.07) is 90.0. The van der Waals surface area contributed by atoms with Crippen molar-refractivity contribution in [1.29, 1.82) is 0 Å². The predicted molar refractivity (Wildman–Crippen MR) is 262 cm³/mol. The molecule has 1 aliphatic heterocycles. The predicted octanol–water partition coefficient (Wildman–Crippen LogP) is 16.3. The van der Waals surface area contributed by atoms with Crippen LogP contribution in [0.4, 0.5) is 34.1 Å². The van der Waals surface area contributed by atoms with E-state index in [0.717, 1.165) is 34.1 Å². The first-order valence-corrected chi connectivity index (χ1v) is 21.9. The van der Waals surface area contributed by atoms with Crippen molar-refractivity contribution in [3.8, 4) is 55.6 Å². The maximum atomic E-state index is 2.51. The van der Waals surface area contributed by atoms with Crippen molar-refractivity contribution in [2.24, 2.45) is 0 Å². The van der Waals surface area contributed by atoms with Crippen molar-refractivity contribution in [2.75, 3.05) is 9.80 Å². The van der Waals surface area contributed by atoms with E-state index in [2.05, 4.69) is 252 Å². The molecule has 10 aromatic rings. The zero-order chi connectivity index (χ0) is 41.5. The van der Waals surface area contributed by atoms with Gasteiger partial charge in [-0.2, -0.15) is 0 Å². The van der Waals surface area contributed by atoms with Crippen LogP contribution in [0.25, 0.3) is 55.6 Å². The first-order valence-electron chi connectivity index (χ1n) is 21.9. The van der Waals surface area contributed by atoms with Gasteiger partial charge in [0.05, 0.1) is 22.5 Å². The SMILES string of the molecule is c1ccc(N(c2ccc3c(c2)C2(c4ccccc4-c4ccccc4-c4ccccc42)c2ccccc2-3)c2cccc3c2N(c2ccccc2)c2ccccc2-c2ccccc2-3)cc1. The summed E-state index contributed by atoms with van der Waals surface area (Å²) in [5.74, 6) is 0. The Bertz CT molecular complexity index is 3350. The van der Waals surface area contributed by atoms with Crippen LogP contribution in [0, 0.1) is 0 Å². The standard InChI is InChI=1S/C61H40N2/c1-3-20-41(21-4-1)62(59-37-19-32-53-47-27-10-9-26-46(47)52-31-14-18-36-58(52)63(60(53)59)42-22-5-2-6-23-42)43-38-39-51-50-30-13-17-35-56(50)61(57(51)40-43)54-33-15-11-28-48(54)44-24-7-8-25-45(44)49-29-12-16-34-55(49)61/h1-40H. The highest BCUT2D eigenvalue weighted by atomic mass is 15.2. The van der Waals surface area contributed by atoms with E-state index in [-0.39, 0.29) is 0 Å². The Morgan fingerprint density at radius 1 is 0.286 bits per heavy atom. The van der Waals surface area contributed by atoms with E-state index in [1.165, 1.54) is 77.9 Å². The first kappa shape index (κ1) is 35.5. The molecule has 3 aliphatic rings. The Morgan fingerprint density at radius 3 is 1.32 bits per heavy atom. The molecule has 1 spiro atoms. The molecule has 2 nitrogen and oxygen atoms in total. The molecule has 0 atom stereocenters. The maximum Gasteiger partial charge on any atom is 0.0781 e. The van der Waals surface area contributed by atoms with Crippen LogP contribution in [0.2, 0.25) is 0 Å². The van der Waals surface area contributed by atoms with Gasteiger partial charge in [0.25, 0.3) is 0 Å². The van der Waals surface area contributed by atoms with Crippen LogP contribution < -0.4 is 9.80 Å². The van der Waals surface area contributed by atoms with Crippen LogP contribution in [-0.4, -0.2) is 0 Å². The number of anilines is 6. The second-order valence-electron chi connectivity index (χ2n) is 16.7. The molecule has 294 valence electrons. The van der Waals surface area contributed by atoms with Gasteiger partial charge < -0.3 is 9.80 Å². The van der Waals surface area contributed by atoms with E-state index in [1.807, 2.05) is 0 Å². The van der Waals surface area contributed by atoms with Crippen molar-refractivity contribution in [3.63, 3.8) is 0 Å². The summed E-state index contributed by atoms with van der Waals surface area (Å²) < 4.78 is 0. The minimum absolute atomic E-state index is 0.599. The third-order valence-electron chi connectivity index (χ3n) is 13.6. The summed E-state index contributed by atoms with van der Waals surface area (Å²) in [6.45, 7) is 0. The Balaban J connectivity index is 1.14. The third-order valence-corrected chi connectivity index (χ3v) is 13.6. The number of benzene rings is 10. The highest BCUT2D eigenvalue weighted by Crippen LogP contribution is 2.63. The number of rotatable bonds is 4. The molecule has 0 radical (unpaired) electrons. The highest BCUT2D eigenvalue weighted by molar-refractivity contribution is 6.08. The van der Waals surface area contributed by atoms with E-state index < -0.39 is 5.41 Å². The van der Waals surface area contributed by atoms with Gasteiger partial charge in [-0.1, -0.05) is 194 Å². The van der Waals surface area contributed by atoms with Gasteiger partial charge in [0, 0.05) is 28.2 Å². The molecule has 2 heteroatoms. The lowest BCUT2D eigenvalue weighted by Crippen LogP contribution is -2.29. The number of fused-ring (bicyclic) bond motifs is 17. The van der Waals surface area contributed by atoms with E-state index in [1.54, 1.807) is 0 Å². The van der Waals surface area contributed by atoms with E-state index in [0.29, 0.717) is 0 Å². The normalized spacial score (nSPS) is 13.2. The molecule has 0 saturated carbocycles. The molecule has 0 amide bonds. The number of para-hydroxylation sites is 4. The zero-order valence-corrected chi connectivity index (χ0v) is 34.5. The molecule has 0 aromatic heterocycles. The largest absolute Gasteiger partial charge is 0.308 e. The third kappa shape index (κ3) is 5.07. The van der Waals surface area contributed by atoms with Crippen LogP contribution in [-0.2, 0) is 5.41 Å². The van der Waals surface area contributed by atoms with Crippen LogP contribution in [0.5, 0.6) is 0 Å². The summed E-state index contributed by atoms with van der Waals surface area (Å²) in [4.78, 5) is 4.97. The fraction of sp³-hybridized carbons (Fsp3) is 0.0164. The van der Waals surface area contributed by atoms with Gasteiger partial charge in [-0.15, -0.1) is 0 Å². The molecule has 63 heavy (non-hydrogen) atoms. The van der Waals surface area contributed by atoms with Gasteiger partial charge in [-0.3, -0.25) is 0 Å². The summed E-state index contributed by atoms with van der Waals surface area (Å²) in [6.07, 6.45) is 0. The van der Waals surface area contributed by atoms with E-state index >= 15 is 0 Å². The van der Waals surface area contributed by atoms with Crippen molar-refractivity contribution in [1.82, 2.24) is 0 Å². The van der Waals surface area contributed by atoms with Gasteiger partial charge in [-0.25, -0.2) is 0 Å². The summed E-state index contributed by atoms with van der Waals surface area (Å²) >= 11 is 0. The summed E-state index contributed by atoms with van der Waals surface area (Å²) in [5.41, 5.74) is 23.7. The Morgan fingerprint density at radius 2 is 0.714 bits per heavy atom. The van der Waals surface area contributed by atoms with Crippen molar-refractivity contribution < 1.29 is 0 Å². The minimum Gasteiger partial charge on any atom is -0.308 e. The second kappa shape index (κ2) is 13.9. The van der Waals surface area contributed by atoms with Gasteiger partial charge in [-0.05, 0) is 115 Å². The van der Waals surface area contributed by atoms with Crippen molar-refractivity contribution in [2.45, 2.75) is 5.41 Å². The van der Waals surface area contributed by atoms with Gasteiger partial charge in [0.15, 0.2) is 0 Å². The molecule has 10 aromatic carbocycles. The minimum atomic E-state index is -0.599. The average molecular weight is 801 g/mol.